The maximum atomic E-state index is 13.0. The number of nitrogens with one attached hydrogen (secondary N) is 1. The summed E-state index contributed by atoms with van der Waals surface area (Å²) < 4.78 is 13.0. The fourth-order valence-corrected chi connectivity index (χ4v) is 2.12. The van der Waals surface area contributed by atoms with Gasteiger partial charge in [-0.3, -0.25) is 10.4 Å². The van der Waals surface area contributed by atoms with Crippen LogP contribution in [-0.2, 0) is 0 Å². The average molecular weight is 208 g/mol. The van der Waals surface area contributed by atoms with Crippen molar-refractivity contribution in [2.75, 3.05) is 14.1 Å². The van der Waals surface area contributed by atoms with E-state index in [0.717, 1.165) is 18.4 Å². The summed E-state index contributed by atoms with van der Waals surface area (Å²) in [6.07, 6.45) is 2.20. The summed E-state index contributed by atoms with van der Waals surface area (Å²) in [6, 6.07) is 7.50. The number of hydrogen-bond donors (Lipinski definition) is 1. The molecular weight excluding hydrogens is 191 g/mol. The SMILES string of the molecule is CN(C)NC1CC(c2cccc(F)c2)C1. The molecule has 0 bridgehead atoms. The van der Waals surface area contributed by atoms with Crippen LogP contribution in [0.4, 0.5) is 4.39 Å². The molecule has 0 spiro atoms. The summed E-state index contributed by atoms with van der Waals surface area (Å²) in [7, 11) is 3.99. The van der Waals surface area contributed by atoms with E-state index in [1.165, 1.54) is 6.07 Å². The van der Waals surface area contributed by atoms with Gasteiger partial charge in [-0.05, 0) is 36.5 Å². The van der Waals surface area contributed by atoms with Crippen molar-refractivity contribution >= 4 is 0 Å². The number of halogens is 1. The summed E-state index contributed by atoms with van der Waals surface area (Å²) in [6.45, 7) is 0. The van der Waals surface area contributed by atoms with Crippen molar-refractivity contribution in [1.82, 2.24) is 10.4 Å². The van der Waals surface area contributed by atoms with Crippen LogP contribution in [0.1, 0.15) is 24.3 Å². The normalized spacial score (nSPS) is 25.3. The highest BCUT2D eigenvalue weighted by atomic mass is 19.1. The summed E-state index contributed by atoms with van der Waals surface area (Å²) in [4.78, 5) is 0. The molecule has 3 heteroatoms. The standard InChI is InChI=1S/C12H17FN2/c1-15(2)14-12-7-10(8-12)9-4-3-5-11(13)6-9/h3-6,10,12,14H,7-8H2,1-2H3. The van der Waals surface area contributed by atoms with Crippen molar-refractivity contribution in [3.05, 3.63) is 35.6 Å². The van der Waals surface area contributed by atoms with E-state index in [1.54, 1.807) is 12.1 Å². The van der Waals surface area contributed by atoms with Crippen LogP contribution in [0.3, 0.4) is 0 Å². The van der Waals surface area contributed by atoms with Crippen molar-refractivity contribution in [2.24, 2.45) is 0 Å². The minimum atomic E-state index is -0.128. The molecule has 0 heterocycles. The van der Waals surface area contributed by atoms with E-state index in [0.29, 0.717) is 12.0 Å². The third-order valence-corrected chi connectivity index (χ3v) is 2.90. The highest BCUT2D eigenvalue weighted by Gasteiger charge is 2.30. The van der Waals surface area contributed by atoms with Gasteiger partial charge < -0.3 is 0 Å². The van der Waals surface area contributed by atoms with Crippen LogP contribution in [0.15, 0.2) is 24.3 Å². The molecule has 1 saturated carbocycles. The Labute approximate surface area is 90.1 Å². The highest BCUT2D eigenvalue weighted by molar-refractivity contribution is 5.23. The van der Waals surface area contributed by atoms with Crippen LogP contribution in [-0.4, -0.2) is 25.1 Å². The first-order chi connectivity index (χ1) is 7.15. The lowest BCUT2D eigenvalue weighted by atomic mass is 9.76. The topological polar surface area (TPSA) is 15.3 Å². The van der Waals surface area contributed by atoms with Gasteiger partial charge in [-0.1, -0.05) is 12.1 Å². The van der Waals surface area contributed by atoms with Gasteiger partial charge in [-0.25, -0.2) is 4.39 Å². The van der Waals surface area contributed by atoms with Crippen molar-refractivity contribution in [1.29, 1.82) is 0 Å². The second-order valence-electron chi connectivity index (χ2n) is 4.44. The molecule has 0 saturated heterocycles. The second kappa shape index (κ2) is 4.29. The lowest BCUT2D eigenvalue weighted by Gasteiger charge is -2.38. The molecule has 15 heavy (non-hydrogen) atoms. The minimum Gasteiger partial charge on any atom is -0.253 e. The molecular formula is C12H17FN2. The predicted octanol–water partition coefficient (Wildman–Crippen LogP) is 2.14. The quantitative estimate of drug-likeness (QED) is 0.766. The van der Waals surface area contributed by atoms with E-state index in [9.17, 15) is 4.39 Å². The van der Waals surface area contributed by atoms with Crippen LogP contribution >= 0.6 is 0 Å². The van der Waals surface area contributed by atoms with Crippen LogP contribution in [0.2, 0.25) is 0 Å². The van der Waals surface area contributed by atoms with E-state index in [2.05, 4.69) is 5.43 Å². The van der Waals surface area contributed by atoms with Crippen molar-refractivity contribution < 1.29 is 4.39 Å². The van der Waals surface area contributed by atoms with Crippen LogP contribution < -0.4 is 5.43 Å². The summed E-state index contributed by atoms with van der Waals surface area (Å²) >= 11 is 0. The van der Waals surface area contributed by atoms with Crippen LogP contribution in [0.25, 0.3) is 0 Å². The fraction of sp³-hybridized carbons (Fsp3) is 0.500. The monoisotopic (exact) mass is 208 g/mol. The molecule has 0 atom stereocenters. The summed E-state index contributed by atoms with van der Waals surface area (Å²) in [5.41, 5.74) is 4.46. The van der Waals surface area contributed by atoms with Gasteiger partial charge in [0, 0.05) is 20.1 Å². The first kappa shape index (κ1) is 10.6. The van der Waals surface area contributed by atoms with Crippen molar-refractivity contribution in [2.45, 2.75) is 24.8 Å². The predicted molar refractivity (Wildman–Crippen MR) is 59.0 cm³/mol. The zero-order valence-electron chi connectivity index (χ0n) is 9.20. The molecule has 1 aliphatic carbocycles. The molecule has 0 amide bonds. The first-order valence-corrected chi connectivity index (χ1v) is 5.34. The number of hydrogen-bond acceptors (Lipinski definition) is 2. The van der Waals surface area contributed by atoms with Crippen LogP contribution in [0, 0.1) is 5.82 Å². The van der Waals surface area contributed by atoms with Gasteiger partial charge >= 0.3 is 0 Å². The molecule has 1 aromatic rings. The Hall–Kier alpha value is -0.930. The fourth-order valence-electron chi connectivity index (χ4n) is 2.12. The minimum absolute atomic E-state index is 0.128. The molecule has 1 N–H and O–H groups in total. The molecule has 0 unspecified atom stereocenters. The van der Waals surface area contributed by atoms with Crippen LogP contribution in [0.5, 0.6) is 0 Å². The Morgan fingerprint density at radius 1 is 1.33 bits per heavy atom. The van der Waals surface area contributed by atoms with Gasteiger partial charge in [0.1, 0.15) is 5.82 Å². The molecule has 1 fully saturated rings. The van der Waals surface area contributed by atoms with E-state index in [1.807, 2.05) is 25.2 Å². The van der Waals surface area contributed by atoms with E-state index in [-0.39, 0.29) is 5.82 Å². The zero-order valence-corrected chi connectivity index (χ0v) is 9.20. The second-order valence-corrected chi connectivity index (χ2v) is 4.44. The molecule has 82 valence electrons. The third kappa shape index (κ3) is 2.55. The Morgan fingerprint density at radius 2 is 2.07 bits per heavy atom. The Morgan fingerprint density at radius 3 is 2.67 bits per heavy atom. The maximum Gasteiger partial charge on any atom is 0.123 e. The molecule has 0 aromatic heterocycles. The van der Waals surface area contributed by atoms with Gasteiger partial charge in [0.25, 0.3) is 0 Å². The third-order valence-electron chi connectivity index (χ3n) is 2.90. The lowest BCUT2D eigenvalue weighted by Crippen LogP contribution is -2.46. The number of hydrazine groups is 1. The number of rotatable bonds is 3. The van der Waals surface area contributed by atoms with Gasteiger partial charge in [0.05, 0.1) is 0 Å². The van der Waals surface area contributed by atoms with E-state index in [4.69, 9.17) is 0 Å². The molecule has 2 rings (SSSR count). The largest absolute Gasteiger partial charge is 0.253 e. The van der Waals surface area contributed by atoms with E-state index < -0.39 is 0 Å². The Bertz CT molecular complexity index is 332. The van der Waals surface area contributed by atoms with Crippen molar-refractivity contribution in [3.63, 3.8) is 0 Å². The Kier molecular flexibility index (Phi) is 3.03. The van der Waals surface area contributed by atoms with Gasteiger partial charge in [0.2, 0.25) is 0 Å². The number of benzene rings is 1. The van der Waals surface area contributed by atoms with E-state index >= 15 is 0 Å². The Balaban J connectivity index is 1.89. The molecule has 0 radical (unpaired) electrons. The zero-order chi connectivity index (χ0) is 10.8. The van der Waals surface area contributed by atoms with Gasteiger partial charge in [0.15, 0.2) is 0 Å². The maximum absolute atomic E-state index is 13.0. The summed E-state index contributed by atoms with van der Waals surface area (Å²) in [5, 5.41) is 1.98. The molecule has 1 aromatic carbocycles. The summed E-state index contributed by atoms with van der Waals surface area (Å²) in [5.74, 6) is 0.398. The molecule has 0 aliphatic heterocycles. The first-order valence-electron chi connectivity index (χ1n) is 5.34. The number of nitrogens with zero attached hydrogens (tertiary/aromatic N) is 1. The highest BCUT2D eigenvalue weighted by Crippen LogP contribution is 2.36. The van der Waals surface area contributed by atoms with Crippen molar-refractivity contribution in [3.8, 4) is 0 Å². The lowest BCUT2D eigenvalue weighted by molar-refractivity contribution is 0.165. The van der Waals surface area contributed by atoms with Gasteiger partial charge in [-0.2, -0.15) is 0 Å². The smallest absolute Gasteiger partial charge is 0.123 e. The molecule has 2 nitrogen and oxygen atoms in total. The average Bonchev–Trinajstić information content (AvgIpc) is 2.10. The van der Waals surface area contributed by atoms with Gasteiger partial charge in [-0.15, -0.1) is 0 Å². The molecule has 1 aliphatic rings.